The largest absolute Gasteiger partial charge is 0.456 e. The Kier molecular flexibility index (Phi) is 4.25. The van der Waals surface area contributed by atoms with Gasteiger partial charge in [-0.1, -0.05) is 147 Å². The third-order valence-corrected chi connectivity index (χ3v) is 10.1. The maximum absolute atomic E-state index is 9.37. The van der Waals surface area contributed by atoms with E-state index in [-0.39, 0.29) is 51.1 Å². The van der Waals surface area contributed by atoms with Crippen LogP contribution >= 0.6 is 0 Å². The van der Waals surface area contributed by atoms with Gasteiger partial charge in [-0.05, 0) is 101 Å². The maximum atomic E-state index is 9.37. The molecule has 10 rings (SSSR count). The van der Waals surface area contributed by atoms with E-state index in [2.05, 4.69) is 32.0 Å². The molecule has 1 aromatic heterocycles. The molecular weight excluding hydrogens is 581 g/mol. The first-order chi connectivity index (χ1) is 26.9. The van der Waals surface area contributed by atoms with E-state index in [1.807, 2.05) is 91.0 Å². The number of hydrogen-bond donors (Lipinski definition) is 0. The zero-order valence-electron chi connectivity index (χ0n) is 34.3. The van der Waals surface area contributed by atoms with E-state index >= 15 is 0 Å². The standard InChI is InChI=1S/C47H32O/c1-47(2)41-17-9-7-11-33(41)34-25-23-32(28-42(34)47)46-38-15-5-3-13-36(38)45(37-14-4-6-16-39(37)46)30-21-19-29(20-22-30)31-24-26-44-40(27-31)35-12-8-10-18-43(35)48-44/h3-28H,1-2H3/i3D,4D,5D,6D,13D,14D,15D,16D. The van der Waals surface area contributed by atoms with Crippen LogP contribution in [0.15, 0.2) is 162 Å². The number of rotatable bonds is 3. The molecule has 1 aliphatic rings. The third-order valence-electron chi connectivity index (χ3n) is 10.1. The topological polar surface area (TPSA) is 13.1 Å². The highest BCUT2D eigenvalue weighted by atomic mass is 16.3. The van der Waals surface area contributed by atoms with Crippen LogP contribution in [0.25, 0.3) is 88.0 Å². The molecule has 0 fully saturated rings. The minimum absolute atomic E-state index is 0.200. The van der Waals surface area contributed by atoms with Crippen molar-refractivity contribution in [3.8, 4) is 44.5 Å². The van der Waals surface area contributed by atoms with Crippen LogP contribution in [0, 0.1) is 0 Å². The molecule has 1 aliphatic carbocycles. The van der Waals surface area contributed by atoms with Crippen LogP contribution in [0.5, 0.6) is 0 Å². The van der Waals surface area contributed by atoms with Crippen molar-refractivity contribution in [2.45, 2.75) is 19.3 Å². The summed E-state index contributed by atoms with van der Waals surface area (Å²) in [5.41, 5.74) is 9.28. The summed E-state index contributed by atoms with van der Waals surface area (Å²) in [7, 11) is 0. The molecule has 0 saturated heterocycles. The zero-order chi connectivity index (χ0) is 38.9. The number of benzene rings is 8. The van der Waals surface area contributed by atoms with Crippen molar-refractivity contribution < 1.29 is 15.4 Å². The number of fused-ring (bicyclic) bond motifs is 8. The first-order valence-electron chi connectivity index (χ1n) is 20.1. The third kappa shape index (κ3) is 3.85. The van der Waals surface area contributed by atoms with Gasteiger partial charge in [-0.3, -0.25) is 0 Å². The fourth-order valence-corrected chi connectivity index (χ4v) is 7.80. The van der Waals surface area contributed by atoms with Crippen molar-refractivity contribution in [1.82, 2.24) is 0 Å². The van der Waals surface area contributed by atoms with Crippen molar-refractivity contribution >= 4 is 43.5 Å². The van der Waals surface area contributed by atoms with Crippen LogP contribution in [-0.4, -0.2) is 0 Å². The molecule has 0 amide bonds. The highest BCUT2D eigenvalue weighted by Gasteiger charge is 2.35. The highest BCUT2D eigenvalue weighted by molar-refractivity contribution is 6.21. The van der Waals surface area contributed by atoms with E-state index in [1.165, 1.54) is 5.56 Å². The van der Waals surface area contributed by atoms with Gasteiger partial charge in [-0.15, -0.1) is 0 Å². The Balaban J connectivity index is 1.28. The van der Waals surface area contributed by atoms with Crippen molar-refractivity contribution in [2.24, 2.45) is 0 Å². The van der Waals surface area contributed by atoms with E-state index in [0.29, 0.717) is 22.3 Å². The fraction of sp³-hybridized carbons (Fsp3) is 0.0638. The SMILES string of the molecule is [2H]c1c([2H])c([2H])c2c(-c3ccc4c(c3)C(C)(C)c3ccccc3-4)c3c([2H])c([2H])c([2H])c([2H])c3c(-c3ccc(-c4ccc5oc6ccccc6c5c4)cc3)c2c1[2H]. The summed E-state index contributed by atoms with van der Waals surface area (Å²) in [5.74, 6) is 0. The van der Waals surface area contributed by atoms with Crippen molar-refractivity contribution in [3.05, 3.63) is 169 Å². The summed E-state index contributed by atoms with van der Waals surface area (Å²) in [6.45, 7) is 4.30. The first kappa shape index (κ1) is 20.3. The van der Waals surface area contributed by atoms with Gasteiger partial charge < -0.3 is 4.42 Å². The molecule has 48 heavy (non-hydrogen) atoms. The molecule has 0 spiro atoms. The van der Waals surface area contributed by atoms with Crippen LogP contribution < -0.4 is 0 Å². The predicted molar refractivity (Wildman–Crippen MR) is 203 cm³/mol. The van der Waals surface area contributed by atoms with Gasteiger partial charge in [0.05, 0.1) is 11.0 Å². The summed E-state index contributed by atoms with van der Waals surface area (Å²) in [5, 5.41) is 2.81. The number of hydrogen-bond acceptors (Lipinski definition) is 1. The zero-order valence-corrected chi connectivity index (χ0v) is 26.3. The summed E-state index contributed by atoms with van der Waals surface area (Å²) in [6.07, 6.45) is 0. The highest BCUT2D eigenvalue weighted by Crippen LogP contribution is 2.51. The summed E-state index contributed by atoms with van der Waals surface area (Å²) < 4.78 is 78.8. The van der Waals surface area contributed by atoms with Crippen LogP contribution in [0.1, 0.15) is 35.9 Å². The Morgan fingerprint density at radius 3 is 1.71 bits per heavy atom. The van der Waals surface area contributed by atoms with Crippen molar-refractivity contribution in [1.29, 1.82) is 0 Å². The summed E-state index contributed by atoms with van der Waals surface area (Å²) in [6, 6.07) is 32.9. The lowest BCUT2D eigenvalue weighted by atomic mass is 9.80. The first-order valence-corrected chi connectivity index (χ1v) is 16.1. The predicted octanol–water partition coefficient (Wildman–Crippen LogP) is 13.2. The lowest BCUT2D eigenvalue weighted by Gasteiger charge is -2.23. The lowest BCUT2D eigenvalue weighted by molar-refractivity contribution is 0.660. The molecule has 1 heteroatoms. The molecule has 0 saturated carbocycles. The molecule has 8 aromatic carbocycles. The normalized spacial score (nSPS) is 15.7. The molecule has 9 aromatic rings. The molecule has 0 N–H and O–H groups in total. The Bertz CT molecular complexity index is 3110. The molecule has 0 bridgehead atoms. The number of furan rings is 1. The van der Waals surface area contributed by atoms with Gasteiger partial charge in [0.2, 0.25) is 0 Å². The summed E-state index contributed by atoms with van der Waals surface area (Å²) >= 11 is 0. The average Bonchev–Trinajstić information content (AvgIpc) is 3.70. The molecule has 226 valence electrons. The molecule has 1 heterocycles. The maximum Gasteiger partial charge on any atom is 0.135 e. The minimum Gasteiger partial charge on any atom is -0.456 e. The molecule has 0 atom stereocenters. The monoisotopic (exact) mass is 620 g/mol. The lowest BCUT2D eigenvalue weighted by Crippen LogP contribution is -2.14. The molecule has 0 unspecified atom stereocenters. The van der Waals surface area contributed by atoms with E-state index in [4.69, 9.17) is 9.90 Å². The quantitative estimate of drug-likeness (QED) is 0.179. The van der Waals surface area contributed by atoms with Crippen LogP contribution in [0.2, 0.25) is 0 Å². The van der Waals surface area contributed by atoms with Gasteiger partial charge in [0.1, 0.15) is 11.2 Å². The van der Waals surface area contributed by atoms with Gasteiger partial charge in [0.25, 0.3) is 0 Å². The second-order valence-corrected chi connectivity index (χ2v) is 13.1. The molecule has 0 aliphatic heterocycles. The van der Waals surface area contributed by atoms with Gasteiger partial charge in [-0.25, -0.2) is 0 Å². The van der Waals surface area contributed by atoms with Crippen LogP contribution in [0.3, 0.4) is 0 Å². The smallest absolute Gasteiger partial charge is 0.135 e. The Morgan fingerprint density at radius 2 is 0.979 bits per heavy atom. The second-order valence-electron chi connectivity index (χ2n) is 13.1. The van der Waals surface area contributed by atoms with Crippen molar-refractivity contribution in [2.75, 3.05) is 0 Å². The van der Waals surface area contributed by atoms with Crippen LogP contribution in [0.4, 0.5) is 0 Å². The van der Waals surface area contributed by atoms with Gasteiger partial charge in [0.15, 0.2) is 0 Å². The Hall–Kier alpha value is -5.92. The van der Waals surface area contributed by atoms with Gasteiger partial charge in [-0.2, -0.15) is 0 Å². The molecule has 0 radical (unpaired) electrons. The van der Waals surface area contributed by atoms with E-state index in [9.17, 15) is 5.48 Å². The number of para-hydroxylation sites is 1. The van der Waals surface area contributed by atoms with E-state index in [1.54, 1.807) is 0 Å². The average molecular weight is 621 g/mol. The van der Waals surface area contributed by atoms with Crippen molar-refractivity contribution in [3.63, 3.8) is 0 Å². The molecule has 1 nitrogen and oxygen atoms in total. The van der Waals surface area contributed by atoms with Gasteiger partial charge in [0, 0.05) is 16.2 Å². The Labute approximate surface area is 291 Å². The van der Waals surface area contributed by atoms with E-state index in [0.717, 1.165) is 49.8 Å². The fourth-order valence-electron chi connectivity index (χ4n) is 7.80. The molecular formula is C47H32O. The minimum atomic E-state index is -0.419. The Morgan fingerprint density at radius 1 is 0.438 bits per heavy atom. The summed E-state index contributed by atoms with van der Waals surface area (Å²) in [4.78, 5) is 0. The van der Waals surface area contributed by atoms with E-state index < -0.39 is 24.2 Å². The second kappa shape index (κ2) is 10.0. The van der Waals surface area contributed by atoms with Crippen LogP contribution in [-0.2, 0) is 5.41 Å². The van der Waals surface area contributed by atoms with Gasteiger partial charge >= 0.3 is 0 Å².